The molecule has 6 nitrogen and oxygen atoms in total. The Morgan fingerprint density at radius 2 is 2.07 bits per heavy atom. The second-order valence-corrected chi connectivity index (χ2v) is 8.48. The van der Waals surface area contributed by atoms with Gasteiger partial charge in [-0.05, 0) is 58.1 Å². The fraction of sp³-hybridized carbons (Fsp3) is 0.600. The van der Waals surface area contributed by atoms with Crippen LogP contribution in [0.25, 0.3) is 10.8 Å². The van der Waals surface area contributed by atoms with Crippen LogP contribution < -0.4 is 10.6 Å². The van der Waals surface area contributed by atoms with Gasteiger partial charge in [0.15, 0.2) is 5.96 Å². The van der Waals surface area contributed by atoms with Crippen LogP contribution in [0.1, 0.15) is 45.7 Å². The lowest BCUT2D eigenvalue weighted by Gasteiger charge is -2.41. The lowest BCUT2D eigenvalue weighted by Crippen LogP contribution is -2.54. The van der Waals surface area contributed by atoms with Gasteiger partial charge in [-0.1, -0.05) is 12.5 Å². The number of aromatic nitrogens is 1. The number of aliphatic imine (C=N–C) groups is 1. The number of oxazole rings is 1. The molecule has 0 unspecified atom stereocenters. The molecule has 0 spiro atoms. The number of guanidine groups is 1. The molecule has 3 rings (SSSR count). The van der Waals surface area contributed by atoms with Gasteiger partial charge in [0.25, 0.3) is 0 Å². The average Bonchev–Trinajstić information content (AvgIpc) is 3.36. The molecule has 0 amide bonds. The normalized spacial score (nSPS) is 15.9. The molecule has 0 saturated carbocycles. The highest BCUT2D eigenvalue weighted by molar-refractivity contribution is 14.0. The van der Waals surface area contributed by atoms with Crippen molar-refractivity contribution >= 4 is 41.3 Å². The molecule has 156 valence electrons. The van der Waals surface area contributed by atoms with E-state index in [1.165, 1.54) is 32.4 Å². The third kappa shape index (κ3) is 6.45. The van der Waals surface area contributed by atoms with Gasteiger partial charge in [0, 0.05) is 18.6 Å². The van der Waals surface area contributed by atoms with Crippen LogP contribution in [0, 0.1) is 0 Å². The molecule has 28 heavy (non-hydrogen) atoms. The molecule has 8 heteroatoms. The Hall–Kier alpha value is -1.13. The van der Waals surface area contributed by atoms with Crippen molar-refractivity contribution in [3.8, 4) is 10.8 Å². The van der Waals surface area contributed by atoms with Gasteiger partial charge in [0.2, 0.25) is 5.89 Å². The maximum absolute atomic E-state index is 5.58. The van der Waals surface area contributed by atoms with Crippen LogP contribution in [0.15, 0.2) is 33.2 Å². The number of hydrogen-bond acceptors (Lipinski definition) is 5. The minimum Gasteiger partial charge on any atom is -0.443 e. The van der Waals surface area contributed by atoms with Crippen LogP contribution in [-0.4, -0.2) is 47.6 Å². The summed E-state index contributed by atoms with van der Waals surface area (Å²) in [5, 5.41) is 8.85. The maximum Gasteiger partial charge on any atom is 0.236 e. The molecule has 0 aromatic carbocycles. The number of thiophene rings is 1. The molecular weight excluding hydrogens is 485 g/mol. The second-order valence-electron chi connectivity index (χ2n) is 7.53. The highest BCUT2D eigenvalue weighted by Crippen LogP contribution is 2.24. The Labute approximate surface area is 189 Å². The smallest absolute Gasteiger partial charge is 0.236 e. The average molecular weight is 517 g/mol. The highest BCUT2D eigenvalue weighted by atomic mass is 127. The minimum absolute atomic E-state index is 0. The molecule has 1 fully saturated rings. The Kier molecular flexibility index (Phi) is 9.23. The van der Waals surface area contributed by atoms with Crippen molar-refractivity contribution in [3.63, 3.8) is 0 Å². The number of piperidine rings is 1. The van der Waals surface area contributed by atoms with E-state index >= 15 is 0 Å². The van der Waals surface area contributed by atoms with Crippen molar-refractivity contribution in [3.05, 3.63) is 29.5 Å². The number of halogens is 1. The molecule has 2 N–H and O–H groups in total. The van der Waals surface area contributed by atoms with Crippen LogP contribution >= 0.6 is 35.3 Å². The second kappa shape index (κ2) is 11.2. The monoisotopic (exact) mass is 517 g/mol. The van der Waals surface area contributed by atoms with E-state index in [1.807, 2.05) is 17.5 Å². The van der Waals surface area contributed by atoms with Gasteiger partial charge in [0.1, 0.15) is 12.0 Å². The van der Waals surface area contributed by atoms with E-state index in [4.69, 9.17) is 4.42 Å². The molecule has 0 atom stereocenters. The first-order valence-electron chi connectivity index (χ1n) is 9.84. The zero-order valence-electron chi connectivity index (χ0n) is 17.0. The summed E-state index contributed by atoms with van der Waals surface area (Å²) in [7, 11) is 0. The van der Waals surface area contributed by atoms with E-state index in [0.29, 0.717) is 12.4 Å². The minimum atomic E-state index is 0. The van der Waals surface area contributed by atoms with Crippen molar-refractivity contribution in [2.45, 2.75) is 52.1 Å². The molecule has 0 aliphatic carbocycles. The summed E-state index contributed by atoms with van der Waals surface area (Å²) in [5.41, 5.74) is 0.947. The molecule has 2 aromatic heterocycles. The number of nitrogens with one attached hydrogen (secondary N) is 2. The molecule has 1 aliphatic heterocycles. The van der Waals surface area contributed by atoms with Crippen LogP contribution in [0.3, 0.4) is 0 Å². The Morgan fingerprint density at radius 1 is 1.29 bits per heavy atom. The lowest BCUT2D eigenvalue weighted by molar-refractivity contribution is 0.0982. The molecule has 3 heterocycles. The topological polar surface area (TPSA) is 65.7 Å². The van der Waals surface area contributed by atoms with Crippen LogP contribution in [0.2, 0.25) is 0 Å². The van der Waals surface area contributed by atoms with Crippen LogP contribution in [0.5, 0.6) is 0 Å². The molecule has 0 bridgehead atoms. The van der Waals surface area contributed by atoms with Crippen LogP contribution in [0.4, 0.5) is 0 Å². The largest absolute Gasteiger partial charge is 0.443 e. The Morgan fingerprint density at radius 3 is 2.75 bits per heavy atom. The van der Waals surface area contributed by atoms with Crippen molar-refractivity contribution in [1.82, 2.24) is 20.5 Å². The predicted octanol–water partition coefficient (Wildman–Crippen LogP) is 4.34. The lowest BCUT2D eigenvalue weighted by atomic mass is 9.98. The van der Waals surface area contributed by atoms with Gasteiger partial charge < -0.3 is 15.1 Å². The quantitative estimate of drug-likeness (QED) is 0.325. The first-order valence-corrected chi connectivity index (χ1v) is 10.7. The fourth-order valence-corrected chi connectivity index (χ4v) is 3.96. The number of likely N-dealkylation sites (tertiary alicyclic amines) is 1. The number of rotatable bonds is 7. The van der Waals surface area contributed by atoms with Crippen molar-refractivity contribution in [2.75, 3.05) is 26.2 Å². The number of nitrogens with zero attached hydrogens (tertiary/aromatic N) is 3. The summed E-state index contributed by atoms with van der Waals surface area (Å²) < 4.78 is 5.58. The third-order valence-electron chi connectivity index (χ3n) is 4.93. The summed E-state index contributed by atoms with van der Waals surface area (Å²) in [4.78, 5) is 12.8. The van der Waals surface area contributed by atoms with Gasteiger partial charge in [-0.2, -0.15) is 0 Å². The van der Waals surface area contributed by atoms with Gasteiger partial charge >= 0.3 is 0 Å². The Balaban J connectivity index is 0.00000280. The summed E-state index contributed by atoms with van der Waals surface area (Å²) in [6, 6.07) is 4.01. The summed E-state index contributed by atoms with van der Waals surface area (Å²) >= 11 is 1.62. The van der Waals surface area contributed by atoms with E-state index in [1.54, 1.807) is 17.6 Å². The van der Waals surface area contributed by atoms with Gasteiger partial charge in [-0.25, -0.2) is 9.98 Å². The van der Waals surface area contributed by atoms with Gasteiger partial charge in [0.05, 0.1) is 11.4 Å². The molecular formula is C20H32IN5OS. The third-order valence-corrected chi connectivity index (χ3v) is 5.79. The van der Waals surface area contributed by atoms with E-state index in [0.717, 1.165) is 29.6 Å². The Bertz CT molecular complexity index is 723. The maximum atomic E-state index is 5.58. The van der Waals surface area contributed by atoms with Gasteiger partial charge in [-0.15, -0.1) is 35.3 Å². The van der Waals surface area contributed by atoms with E-state index in [9.17, 15) is 0 Å². The van der Waals surface area contributed by atoms with Crippen molar-refractivity contribution < 1.29 is 4.42 Å². The zero-order valence-corrected chi connectivity index (χ0v) is 20.2. The van der Waals surface area contributed by atoms with Crippen molar-refractivity contribution in [1.29, 1.82) is 0 Å². The molecule has 1 saturated heterocycles. The fourth-order valence-electron chi connectivity index (χ4n) is 3.31. The molecule has 0 radical (unpaired) electrons. The first-order chi connectivity index (χ1) is 13.1. The van der Waals surface area contributed by atoms with E-state index in [2.05, 4.69) is 46.3 Å². The first kappa shape index (κ1) is 23.2. The SMILES string of the molecule is CCNC(=NCc1coc(-c2cccs2)n1)NCC(C)(C)N1CCCCC1.I. The van der Waals surface area contributed by atoms with Crippen molar-refractivity contribution in [2.24, 2.45) is 4.99 Å². The van der Waals surface area contributed by atoms with E-state index in [-0.39, 0.29) is 29.5 Å². The van der Waals surface area contributed by atoms with Crippen LogP contribution in [-0.2, 0) is 6.54 Å². The van der Waals surface area contributed by atoms with Gasteiger partial charge in [-0.3, -0.25) is 4.90 Å². The summed E-state index contributed by atoms with van der Waals surface area (Å²) in [6.07, 6.45) is 5.65. The summed E-state index contributed by atoms with van der Waals surface area (Å²) in [5.74, 6) is 1.49. The summed E-state index contributed by atoms with van der Waals surface area (Å²) in [6.45, 7) is 11.2. The standard InChI is InChI=1S/C20H31N5OS.HI/c1-4-21-19(23-15-20(2,3)25-10-6-5-7-11-25)22-13-16-14-26-18(24-16)17-9-8-12-27-17;/h8-9,12,14H,4-7,10-11,13,15H2,1-3H3,(H2,21,22,23);1H. The molecule has 2 aromatic rings. The van der Waals surface area contributed by atoms with E-state index < -0.39 is 0 Å². The molecule has 1 aliphatic rings. The predicted molar refractivity (Wildman–Crippen MR) is 128 cm³/mol. The highest BCUT2D eigenvalue weighted by Gasteiger charge is 2.27. The number of hydrogen-bond donors (Lipinski definition) is 2. The zero-order chi connectivity index (χ0) is 19.1.